The van der Waals surface area contributed by atoms with Crippen LogP contribution >= 0.6 is 0 Å². The highest BCUT2D eigenvalue weighted by atomic mass is 16.2. The second-order valence-corrected chi connectivity index (χ2v) is 5.61. The van der Waals surface area contributed by atoms with Crippen LogP contribution in [0.3, 0.4) is 0 Å². The van der Waals surface area contributed by atoms with Crippen molar-refractivity contribution >= 4 is 17.5 Å². The van der Waals surface area contributed by atoms with Gasteiger partial charge in [0.15, 0.2) is 0 Å². The summed E-state index contributed by atoms with van der Waals surface area (Å²) in [6.45, 7) is 3.77. The highest BCUT2D eigenvalue weighted by Gasteiger charge is 2.23. The third-order valence-corrected chi connectivity index (χ3v) is 3.52. The predicted molar refractivity (Wildman–Crippen MR) is 76.4 cm³/mol. The number of carbonyl (C=O) groups excluding carboxylic acids is 2. The topological polar surface area (TPSA) is 86.9 Å². The molecule has 1 aromatic heterocycles. The van der Waals surface area contributed by atoms with Crippen LogP contribution in [0, 0.1) is 5.92 Å². The summed E-state index contributed by atoms with van der Waals surface area (Å²) >= 11 is 0. The molecule has 0 spiro atoms. The molecule has 0 bridgehead atoms. The number of hydrogen-bond acceptors (Lipinski definition) is 3. The van der Waals surface area contributed by atoms with Crippen LogP contribution in [0.25, 0.3) is 0 Å². The first-order valence-electron chi connectivity index (χ1n) is 7.23. The van der Waals surface area contributed by atoms with Gasteiger partial charge in [0.1, 0.15) is 5.69 Å². The van der Waals surface area contributed by atoms with Crippen molar-refractivity contribution in [2.45, 2.75) is 52.0 Å². The van der Waals surface area contributed by atoms with Crippen LogP contribution in [-0.2, 0) is 4.79 Å². The minimum Gasteiger partial charge on any atom is -0.348 e. The van der Waals surface area contributed by atoms with Crippen molar-refractivity contribution in [2.75, 3.05) is 5.32 Å². The van der Waals surface area contributed by atoms with E-state index in [9.17, 15) is 9.59 Å². The van der Waals surface area contributed by atoms with Crippen molar-refractivity contribution < 1.29 is 9.59 Å². The summed E-state index contributed by atoms with van der Waals surface area (Å²) in [5.74, 6) is -0.208. The molecular formula is C14H22N4O2. The van der Waals surface area contributed by atoms with Gasteiger partial charge >= 0.3 is 0 Å². The van der Waals surface area contributed by atoms with Crippen LogP contribution in [0.2, 0.25) is 0 Å². The lowest BCUT2D eigenvalue weighted by molar-refractivity contribution is -0.120. The quantitative estimate of drug-likeness (QED) is 0.788. The molecule has 1 aliphatic rings. The van der Waals surface area contributed by atoms with Crippen molar-refractivity contribution in [2.24, 2.45) is 5.92 Å². The molecule has 0 unspecified atom stereocenters. The van der Waals surface area contributed by atoms with E-state index in [1.807, 2.05) is 13.8 Å². The van der Waals surface area contributed by atoms with Gasteiger partial charge in [-0.05, 0) is 26.7 Å². The van der Waals surface area contributed by atoms with Gasteiger partial charge in [-0.15, -0.1) is 0 Å². The Morgan fingerprint density at radius 1 is 1.30 bits per heavy atom. The largest absolute Gasteiger partial charge is 0.348 e. The van der Waals surface area contributed by atoms with Gasteiger partial charge in [-0.1, -0.05) is 19.3 Å². The summed E-state index contributed by atoms with van der Waals surface area (Å²) in [5, 5.41) is 12.1. The van der Waals surface area contributed by atoms with Gasteiger partial charge in [-0.3, -0.25) is 14.7 Å². The molecule has 110 valence electrons. The van der Waals surface area contributed by atoms with Crippen LogP contribution in [0.5, 0.6) is 0 Å². The average molecular weight is 278 g/mol. The Balaban J connectivity index is 2.00. The van der Waals surface area contributed by atoms with E-state index in [1.165, 1.54) is 12.6 Å². The zero-order valence-electron chi connectivity index (χ0n) is 12.0. The molecule has 3 N–H and O–H groups in total. The van der Waals surface area contributed by atoms with E-state index in [4.69, 9.17) is 0 Å². The average Bonchev–Trinajstić information content (AvgIpc) is 2.87. The Morgan fingerprint density at radius 2 is 2.00 bits per heavy atom. The van der Waals surface area contributed by atoms with Gasteiger partial charge in [-0.2, -0.15) is 5.10 Å². The van der Waals surface area contributed by atoms with Gasteiger partial charge in [0.05, 0.1) is 11.9 Å². The lowest BCUT2D eigenvalue weighted by Gasteiger charge is -2.20. The van der Waals surface area contributed by atoms with E-state index >= 15 is 0 Å². The molecule has 0 saturated heterocycles. The molecule has 0 aliphatic heterocycles. The van der Waals surface area contributed by atoms with Crippen molar-refractivity contribution in [3.05, 3.63) is 11.9 Å². The first kappa shape index (κ1) is 14.6. The predicted octanol–water partition coefficient (Wildman–Crippen LogP) is 2.07. The van der Waals surface area contributed by atoms with E-state index < -0.39 is 0 Å². The Morgan fingerprint density at radius 3 is 2.65 bits per heavy atom. The lowest BCUT2D eigenvalue weighted by atomic mass is 9.88. The smallest absolute Gasteiger partial charge is 0.271 e. The number of amides is 2. The van der Waals surface area contributed by atoms with E-state index in [1.54, 1.807) is 0 Å². The fourth-order valence-electron chi connectivity index (χ4n) is 2.49. The Kier molecular flexibility index (Phi) is 4.76. The standard InChI is InChI=1S/C14H22N4O2/c1-9(2)16-14(20)12-11(8-15-18-12)17-13(19)10-6-4-3-5-7-10/h8-10H,3-7H2,1-2H3,(H,15,18)(H,16,20)(H,17,19). The van der Waals surface area contributed by atoms with E-state index in [-0.39, 0.29) is 23.8 Å². The molecule has 0 radical (unpaired) electrons. The van der Waals surface area contributed by atoms with Crippen LogP contribution in [-0.4, -0.2) is 28.1 Å². The molecule has 1 saturated carbocycles. The number of aromatic nitrogens is 2. The van der Waals surface area contributed by atoms with Crippen molar-refractivity contribution in [1.29, 1.82) is 0 Å². The number of rotatable bonds is 4. The molecule has 6 heteroatoms. The third-order valence-electron chi connectivity index (χ3n) is 3.52. The Labute approximate surface area is 118 Å². The summed E-state index contributed by atoms with van der Waals surface area (Å²) in [6, 6.07) is 0.0349. The van der Waals surface area contributed by atoms with Crippen LogP contribution < -0.4 is 10.6 Å². The molecule has 2 rings (SSSR count). The van der Waals surface area contributed by atoms with Gasteiger partial charge in [0.25, 0.3) is 5.91 Å². The second kappa shape index (κ2) is 6.54. The highest BCUT2D eigenvalue weighted by molar-refractivity contribution is 6.02. The second-order valence-electron chi connectivity index (χ2n) is 5.61. The van der Waals surface area contributed by atoms with Gasteiger partial charge < -0.3 is 10.6 Å². The summed E-state index contributed by atoms with van der Waals surface area (Å²) in [5.41, 5.74) is 0.765. The molecule has 0 atom stereocenters. The Bertz CT molecular complexity index is 475. The maximum absolute atomic E-state index is 12.2. The van der Waals surface area contributed by atoms with Crippen molar-refractivity contribution in [3.63, 3.8) is 0 Å². The van der Waals surface area contributed by atoms with Gasteiger partial charge in [0.2, 0.25) is 5.91 Å². The molecule has 2 amide bonds. The van der Waals surface area contributed by atoms with Crippen LogP contribution in [0.4, 0.5) is 5.69 Å². The zero-order chi connectivity index (χ0) is 14.5. The normalized spacial score (nSPS) is 16.1. The van der Waals surface area contributed by atoms with Gasteiger partial charge in [-0.25, -0.2) is 0 Å². The van der Waals surface area contributed by atoms with Gasteiger partial charge in [0, 0.05) is 12.0 Å². The first-order valence-corrected chi connectivity index (χ1v) is 7.23. The Hall–Kier alpha value is -1.85. The minimum atomic E-state index is -0.253. The summed E-state index contributed by atoms with van der Waals surface area (Å²) < 4.78 is 0. The minimum absolute atomic E-state index is 0.00954. The molecule has 1 fully saturated rings. The molecule has 1 heterocycles. The molecule has 1 aromatic rings. The number of nitrogens with one attached hydrogen (secondary N) is 3. The number of carbonyl (C=O) groups is 2. The van der Waals surface area contributed by atoms with Crippen LogP contribution in [0.15, 0.2) is 6.20 Å². The summed E-state index contributed by atoms with van der Waals surface area (Å²) in [4.78, 5) is 24.1. The van der Waals surface area contributed by atoms with E-state index in [0.717, 1.165) is 25.7 Å². The number of nitrogens with zero attached hydrogens (tertiary/aromatic N) is 1. The molecule has 6 nitrogen and oxygen atoms in total. The first-order chi connectivity index (χ1) is 9.58. The van der Waals surface area contributed by atoms with Crippen LogP contribution in [0.1, 0.15) is 56.4 Å². The molecule has 20 heavy (non-hydrogen) atoms. The maximum Gasteiger partial charge on any atom is 0.271 e. The molecule has 0 aromatic carbocycles. The highest BCUT2D eigenvalue weighted by Crippen LogP contribution is 2.25. The lowest BCUT2D eigenvalue weighted by Crippen LogP contribution is -2.32. The monoisotopic (exact) mass is 278 g/mol. The summed E-state index contributed by atoms with van der Waals surface area (Å²) in [7, 11) is 0. The molecular weight excluding hydrogens is 256 g/mol. The SMILES string of the molecule is CC(C)NC(=O)c1[nH]ncc1NC(=O)C1CCCCC1. The third kappa shape index (κ3) is 3.59. The number of hydrogen-bond donors (Lipinski definition) is 3. The fourth-order valence-corrected chi connectivity index (χ4v) is 2.49. The van der Waals surface area contributed by atoms with E-state index in [0.29, 0.717) is 11.4 Å². The van der Waals surface area contributed by atoms with Crippen molar-refractivity contribution in [3.8, 4) is 0 Å². The summed E-state index contributed by atoms with van der Waals surface area (Å²) in [6.07, 6.45) is 6.75. The van der Waals surface area contributed by atoms with E-state index in [2.05, 4.69) is 20.8 Å². The zero-order valence-corrected chi connectivity index (χ0v) is 12.0. The number of aromatic amines is 1. The fraction of sp³-hybridized carbons (Fsp3) is 0.643. The number of anilines is 1. The number of H-pyrrole nitrogens is 1. The maximum atomic E-state index is 12.2. The molecule has 1 aliphatic carbocycles. The van der Waals surface area contributed by atoms with Crippen molar-refractivity contribution in [1.82, 2.24) is 15.5 Å².